The lowest BCUT2D eigenvalue weighted by Gasteiger charge is -2.34. The first kappa shape index (κ1) is 16.3. The van der Waals surface area contributed by atoms with Crippen LogP contribution in [0.25, 0.3) is 0 Å². The minimum absolute atomic E-state index is 0.0300. The predicted molar refractivity (Wildman–Crippen MR) is 77.8 cm³/mol. The summed E-state index contributed by atoms with van der Waals surface area (Å²) in [6, 6.07) is 2.01. The van der Waals surface area contributed by atoms with Crippen LogP contribution in [0.15, 0.2) is 16.6 Å². The fraction of sp³-hybridized carbons (Fsp3) is 0.500. The first-order chi connectivity index (χ1) is 10.0. The number of morpholine rings is 1. The van der Waals surface area contributed by atoms with E-state index in [1.165, 1.54) is 12.1 Å². The summed E-state index contributed by atoms with van der Waals surface area (Å²) in [6.45, 7) is 3.47. The van der Waals surface area contributed by atoms with E-state index in [4.69, 9.17) is 4.74 Å². The van der Waals surface area contributed by atoms with E-state index in [2.05, 4.69) is 21.2 Å². The zero-order valence-electron chi connectivity index (χ0n) is 11.7. The molecule has 0 bridgehead atoms. The molecule has 1 aliphatic heterocycles. The lowest BCUT2D eigenvalue weighted by Crippen LogP contribution is -2.53. The van der Waals surface area contributed by atoms with Crippen molar-refractivity contribution in [2.45, 2.75) is 19.5 Å². The van der Waals surface area contributed by atoms with Crippen molar-refractivity contribution < 1.29 is 18.3 Å². The molecule has 2 rings (SSSR count). The third kappa shape index (κ3) is 3.78. The van der Waals surface area contributed by atoms with Gasteiger partial charge in [0.2, 0.25) is 5.91 Å². The van der Waals surface area contributed by atoms with Crippen molar-refractivity contribution in [1.82, 2.24) is 10.2 Å². The second kappa shape index (κ2) is 7.29. The molecule has 1 aliphatic rings. The van der Waals surface area contributed by atoms with Gasteiger partial charge in [-0.2, -0.15) is 0 Å². The maximum absolute atomic E-state index is 14.0. The van der Waals surface area contributed by atoms with Gasteiger partial charge in [0.05, 0.1) is 17.7 Å². The fourth-order valence-corrected chi connectivity index (χ4v) is 2.65. The van der Waals surface area contributed by atoms with Gasteiger partial charge in [0.1, 0.15) is 17.7 Å². The number of benzene rings is 1. The number of carbonyl (C=O) groups excluding carboxylic acids is 1. The Kier molecular flexibility index (Phi) is 5.66. The molecule has 0 saturated carbocycles. The maximum atomic E-state index is 14.0. The SMILES string of the molecule is CCNC(=O)C1COCCN1Cc1c(F)ccc(Br)c1F. The molecule has 116 valence electrons. The van der Waals surface area contributed by atoms with Gasteiger partial charge >= 0.3 is 0 Å². The molecule has 21 heavy (non-hydrogen) atoms. The van der Waals surface area contributed by atoms with E-state index >= 15 is 0 Å². The van der Waals surface area contributed by atoms with Crippen molar-refractivity contribution in [3.8, 4) is 0 Å². The summed E-state index contributed by atoms with van der Waals surface area (Å²) in [5.41, 5.74) is -0.0411. The monoisotopic (exact) mass is 362 g/mol. The Morgan fingerprint density at radius 2 is 2.29 bits per heavy atom. The summed E-state index contributed by atoms with van der Waals surface area (Å²) in [6.07, 6.45) is 0. The number of halogens is 3. The van der Waals surface area contributed by atoms with E-state index in [1.807, 2.05) is 6.92 Å². The van der Waals surface area contributed by atoms with Gasteiger partial charge in [-0.1, -0.05) is 0 Å². The van der Waals surface area contributed by atoms with Crippen molar-refractivity contribution in [2.24, 2.45) is 0 Å². The van der Waals surface area contributed by atoms with E-state index < -0.39 is 17.7 Å². The quantitative estimate of drug-likeness (QED) is 0.833. The van der Waals surface area contributed by atoms with Crippen LogP contribution < -0.4 is 5.32 Å². The van der Waals surface area contributed by atoms with Crippen molar-refractivity contribution >= 4 is 21.8 Å². The number of carbonyl (C=O) groups is 1. The Balaban J connectivity index is 2.20. The molecule has 1 fully saturated rings. The van der Waals surface area contributed by atoms with E-state index in [0.29, 0.717) is 19.7 Å². The number of amides is 1. The van der Waals surface area contributed by atoms with Crippen LogP contribution in [-0.2, 0) is 16.1 Å². The number of ether oxygens (including phenoxy) is 1. The Morgan fingerprint density at radius 3 is 3.00 bits per heavy atom. The molecule has 4 nitrogen and oxygen atoms in total. The van der Waals surface area contributed by atoms with E-state index in [-0.39, 0.29) is 29.1 Å². The molecule has 0 spiro atoms. The van der Waals surface area contributed by atoms with Gasteiger partial charge in [0, 0.05) is 25.2 Å². The van der Waals surface area contributed by atoms with Crippen LogP contribution in [0, 0.1) is 11.6 Å². The van der Waals surface area contributed by atoms with Crippen LogP contribution in [0.5, 0.6) is 0 Å². The molecule has 1 aromatic carbocycles. The van der Waals surface area contributed by atoms with E-state index in [1.54, 1.807) is 4.90 Å². The average Bonchev–Trinajstić information content (AvgIpc) is 2.48. The lowest BCUT2D eigenvalue weighted by molar-refractivity contribution is -0.132. The van der Waals surface area contributed by atoms with Crippen molar-refractivity contribution in [3.05, 3.63) is 33.8 Å². The van der Waals surface area contributed by atoms with Crippen LogP contribution in [-0.4, -0.2) is 43.2 Å². The number of likely N-dealkylation sites (N-methyl/N-ethyl adjacent to an activating group) is 1. The van der Waals surface area contributed by atoms with Crippen molar-refractivity contribution in [1.29, 1.82) is 0 Å². The first-order valence-corrected chi connectivity index (χ1v) is 7.55. The molecule has 1 saturated heterocycles. The molecule has 1 amide bonds. The molecular weight excluding hydrogens is 346 g/mol. The van der Waals surface area contributed by atoms with Crippen LogP contribution in [0.3, 0.4) is 0 Å². The largest absolute Gasteiger partial charge is 0.378 e. The minimum Gasteiger partial charge on any atom is -0.378 e. The van der Waals surface area contributed by atoms with Crippen molar-refractivity contribution in [2.75, 3.05) is 26.3 Å². The molecule has 7 heteroatoms. The van der Waals surface area contributed by atoms with Gasteiger partial charge < -0.3 is 10.1 Å². The molecule has 1 aromatic rings. The molecule has 1 N–H and O–H groups in total. The molecule has 0 radical (unpaired) electrons. The number of nitrogens with zero attached hydrogens (tertiary/aromatic N) is 1. The van der Waals surface area contributed by atoms with Crippen LogP contribution in [0.2, 0.25) is 0 Å². The predicted octanol–water partition coefficient (Wildman–Crippen LogP) is 2.06. The molecule has 0 aromatic heterocycles. The Morgan fingerprint density at radius 1 is 1.52 bits per heavy atom. The van der Waals surface area contributed by atoms with Crippen LogP contribution >= 0.6 is 15.9 Å². The Bertz CT molecular complexity index is 528. The normalized spacial score (nSPS) is 19.5. The van der Waals surface area contributed by atoms with Crippen LogP contribution in [0.4, 0.5) is 8.78 Å². The van der Waals surface area contributed by atoms with Gasteiger partial charge in [-0.05, 0) is 35.0 Å². The highest BCUT2D eigenvalue weighted by molar-refractivity contribution is 9.10. The van der Waals surface area contributed by atoms with Gasteiger partial charge in [-0.15, -0.1) is 0 Å². The smallest absolute Gasteiger partial charge is 0.239 e. The highest BCUT2D eigenvalue weighted by Crippen LogP contribution is 2.24. The van der Waals surface area contributed by atoms with Crippen LogP contribution in [0.1, 0.15) is 12.5 Å². The third-order valence-electron chi connectivity index (χ3n) is 3.39. The Hall–Kier alpha value is -1.05. The minimum atomic E-state index is -0.629. The van der Waals surface area contributed by atoms with E-state index in [0.717, 1.165) is 0 Å². The summed E-state index contributed by atoms with van der Waals surface area (Å²) in [5.74, 6) is -1.43. The van der Waals surface area contributed by atoms with Gasteiger partial charge in [0.15, 0.2) is 0 Å². The Labute approximate surface area is 130 Å². The number of hydrogen-bond donors (Lipinski definition) is 1. The molecular formula is C14H17BrF2N2O2. The van der Waals surface area contributed by atoms with Gasteiger partial charge in [0.25, 0.3) is 0 Å². The van der Waals surface area contributed by atoms with Gasteiger partial charge in [-0.25, -0.2) is 8.78 Å². The second-order valence-corrected chi connectivity index (χ2v) is 5.63. The lowest BCUT2D eigenvalue weighted by atomic mass is 10.1. The standard InChI is InChI=1S/C14H17BrF2N2O2/c1-2-18-14(20)12-8-21-6-5-19(12)7-9-11(16)4-3-10(15)13(9)17/h3-4,12H,2,5-8H2,1H3,(H,18,20). The average molecular weight is 363 g/mol. The second-order valence-electron chi connectivity index (χ2n) is 4.78. The zero-order chi connectivity index (χ0) is 15.4. The number of rotatable bonds is 4. The maximum Gasteiger partial charge on any atom is 0.239 e. The van der Waals surface area contributed by atoms with Gasteiger partial charge in [-0.3, -0.25) is 9.69 Å². The first-order valence-electron chi connectivity index (χ1n) is 6.76. The number of hydrogen-bond acceptors (Lipinski definition) is 3. The summed E-state index contributed by atoms with van der Waals surface area (Å²) in [4.78, 5) is 13.7. The topological polar surface area (TPSA) is 41.6 Å². The molecule has 1 unspecified atom stereocenters. The highest BCUT2D eigenvalue weighted by Gasteiger charge is 2.30. The summed E-state index contributed by atoms with van der Waals surface area (Å²) in [5, 5.41) is 2.71. The summed E-state index contributed by atoms with van der Waals surface area (Å²) >= 11 is 3.05. The van der Waals surface area contributed by atoms with E-state index in [9.17, 15) is 13.6 Å². The molecule has 1 atom stereocenters. The molecule has 1 heterocycles. The highest BCUT2D eigenvalue weighted by atomic mass is 79.9. The molecule has 0 aliphatic carbocycles. The summed E-state index contributed by atoms with van der Waals surface area (Å²) < 4.78 is 33.4. The number of nitrogens with one attached hydrogen (secondary N) is 1. The zero-order valence-corrected chi connectivity index (χ0v) is 13.3. The fourth-order valence-electron chi connectivity index (χ4n) is 2.28. The third-order valence-corrected chi connectivity index (χ3v) is 4.01. The van der Waals surface area contributed by atoms with Crippen molar-refractivity contribution in [3.63, 3.8) is 0 Å². The summed E-state index contributed by atoms with van der Waals surface area (Å²) in [7, 11) is 0.